The van der Waals surface area contributed by atoms with E-state index in [4.69, 9.17) is 19.4 Å². The van der Waals surface area contributed by atoms with E-state index in [1.807, 2.05) is 24.3 Å². The number of nitrogens with one attached hydrogen (secondary N) is 2. The predicted molar refractivity (Wildman–Crippen MR) is 141 cm³/mol. The van der Waals surface area contributed by atoms with E-state index in [1.165, 1.54) is 6.07 Å². The van der Waals surface area contributed by atoms with Crippen LogP contribution in [0.15, 0.2) is 70.6 Å². The maximum absolute atomic E-state index is 12.6. The number of fused-ring (bicyclic) bond motifs is 1. The summed E-state index contributed by atoms with van der Waals surface area (Å²) in [5, 5.41) is 8.25. The molecule has 4 aromatic rings. The summed E-state index contributed by atoms with van der Waals surface area (Å²) in [6.45, 7) is 1.08. The maximum atomic E-state index is 12.6. The Hall–Kier alpha value is -2.73. The number of hydrogen-bond donors (Lipinski definition) is 2. The summed E-state index contributed by atoms with van der Waals surface area (Å²) < 4.78 is 41.0. The van der Waals surface area contributed by atoms with Gasteiger partial charge in [-0.05, 0) is 36.5 Å². The molecule has 0 saturated heterocycles. The highest BCUT2D eigenvalue weighted by molar-refractivity contribution is 7.91. The summed E-state index contributed by atoms with van der Waals surface area (Å²) in [6, 6.07) is 15.6. The molecule has 0 bridgehead atoms. The zero-order valence-corrected chi connectivity index (χ0v) is 21.3. The van der Waals surface area contributed by atoms with Crippen LogP contribution in [0, 0.1) is 0 Å². The maximum Gasteiger partial charge on any atom is 0.176 e. The van der Waals surface area contributed by atoms with Gasteiger partial charge in [-0.2, -0.15) is 9.61 Å². The van der Waals surface area contributed by atoms with Gasteiger partial charge in [0, 0.05) is 42.2 Å². The fourth-order valence-corrected chi connectivity index (χ4v) is 6.14. The van der Waals surface area contributed by atoms with Crippen molar-refractivity contribution in [3.05, 3.63) is 65.8 Å². The Morgan fingerprint density at radius 3 is 2.57 bits per heavy atom. The van der Waals surface area contributed by atoms with E-state index in [1.54, 1.807) is 35.0 Å². The van der Waals surface area contributed by atoms with E-state index in [9.17, 15) is 12.6 Å². The molecule has 2 aromatic carbocycles. The third-order valence-corrected chi connectivity index (χ3v) is 8.08. The van der Waals surface area contributed by atoms with Gasteiger partial charge in [-0.15, -0.1) is 0 Å². The van der Waals surface area contributed by atoms with E-state index in [-0.39, 0.29) is 9.79 Å². The molecule has 2 radical (unpaired) electrons. The number of sulfone groups is 1. The molecule has 12 heteroatoms. The fraction of sp³-hybridized carbons (Fsp3) is 0.217. The highest BCUT2D eigenvalue weighted by atomic mass is 35.5. The van der Waals surface area contributed by atoms with Crippen LogP contribution < -0.4 is 15.5 Å². The monoisotopic (exact) mass is 527 g/mol. The number of unbranched alkanes of at least 4 members (excludes halogenated alkanes) is 1. The van der Waals surface area contributed by atoms with Crippen molar-refractivity contribution in [1.82, 2.24) is 19.3 Å². The van der Waals surface area contributed by atoms with Gasteiger partial charge in [0.05, 0.1) is 15.5 Å². The summed E-state index contributed by atoms with van der Waals surface area (Å²) in [5.74, 6) is 0.722. The molecule has 0 amide bonds. The van der Waals surface area contributed by atoms with Gasteiger partial charge in [-0.3, -0.25) is 0 Å². The van der Waals surface area contributed by atoms with Crippen LogP contribution in [0.5, 0.6) is 0 Å². The topological polar surface area (TPSA) is 105 Å². The van der Waals surface area contributed by atoms with E-state index in [2.05, 4.69) is 20.1 Å². The lowest BCUT2D eigenvalue weighted by Crippen LogP contribution is -2.21. The molecule has 2 aromatic heterocycles. The van der Waals surface area contributed by atoms with Crippen molar-refractivity contribution in [3.8, 4) is 11.3 Å². The SMILES string of the molecule is [B]c1cnn2c(NCCCCNS(=O)c3ccccc3S(C)(=O)=O)cc(-c3ccccc3Cl)nc12. The molecule has 2 heterocycles. The van der Waals surface area contributed by atoms with Crippen LogP contribution in [0.25, 0.3) is 16.9 Å². The van der Waals surface area contributed by atoms with Crippen LogP contribution >= 0.6 is 11.6 Å². The van der Waals surface area contributed by atoms with Crippen LogP contribution in [0.1, 0.15) is 12.8 Å². The Bertz CT molecular complexity index is 1490. The van der Waals surface area contributed by atoms with Crippen molar-refractivity contribution in [2.45, 2.75) is 22.6 Å². The average Bonchev–Trinajstić information content (AvgIpc) is 3.21. The molecular formula is C23H23BClN5O3S2. The number of hydrogen-bond acceptors (Lipinski definition) is 6. The zero-order chi connectivity index (χ0) is 25.0. The molecule has 0 aliphatic carbocycles. The molecule has 1 atom stereocenters. The summed E-state index contributed by atoms with van der Waals surface area (Å²) in [5.41, 5.74) is 2.47. The van der Waals surface area contributed by atoms with Crippen LogP contribution in [-0.4, -0.2) is 54.4 Å². The number of aromatic nitrogens is 3. The third kappa shape index (κ3) is 5.92. The Labute approximate surface area is 213 Å². The first-order valence-electron chi connectivity index (χ1n) is 10.8. The lowest BCUT2D eigenvalue weighted by atomic mass is 10.0. The number of anilines is 1. The number of rotatable bonds is 10. The molecule has 0 aliphatic rings. The minimum Gasteiger partial charge on any atom is -0.370 e. The first-order chi connectivity index (χ1) is 16.8. The molecule has 180 valence electrons. The third-order valence-electron chi connectivity index (χ3n) is 5.24. The van der Waals surface area contributed by atoms with Crippen LogP contribution in [-0.2, 0) is 20.8 Å². The Balaban J connectivity index is 1.37. The molecule has 35 heavy (non-hydrogen) atoms. The first-order valence-corrected chi connectivity index (χ1v) is 14.2. The van der Waals surface area contributed by atoms with E-state index < -0.39 is 20.8 Å². The minimum atomic E-state index is -3.46. The highest BCUT2D eigenvalue weighted by Crippen LogP contribution is 2.28. The zero-order valence-electron chi connectivity index (χ0n) is 18.9. The summed E-state index contributed by atoms with van der Waals surface area (Å²) in [4.78, 5) is 4.95. The Morgan fingerprint density at radius 2 is 1.80 bits per heavy atom. The summed E-state index contributed by atoms with van der Waals surface area (Å²) in [6.07, 6.45) is 4.14. The van der Waals surface area contributed by atoms with E-state index in [0.717, 1.165) is 24.1 Å². The van der Waals surface area contributed by atoms with Crippen molar-refractivity contribution in [2.75, 3.05) is 24.7 Å². The minimum absolute atomic E-state index is 0.0713. The number of benzene rings is 2. The molecule has 1 unspecified atom stereocenters. The number of nitrogens with zero attached hydrogens (tertiary/aromatic N) is 3. The van der Waals surface area contributed by atoms with Crippen molar-refractivity contribution in [2.24, 2.45) is 0 Å². The average molecular weight is 528 g/mol. The standard InChI is InChI=1S/C23H23BClN5O3S2/c1-35(32,33)21-11-5-4-10-20(21)34(31)28-13-7-6-12-26-22-14-19(16-8-2-3-9-18(16)25)29-23-17(24)15-27-30(22)23/h2-5,8-11,14-15,26,28H,6-7,12-13H2,1H3. The van der Waals surface area contributed by atoms with Crippen LogP contribution in [0.3, 0.4) is 0 Å². The van der Waals surface area contributed by atoms with Crippen LogP contribution in [0.4, 0.5) is 5.82 Å². The summed E-state index contributed by atoms with van der Waals surface area (Å²) >= 11 is 6.36. The van der Waals surface area contributed by atoms with Gasteiger partial charge in [-0.25, -0.2) is 22.3 Å². The van der Waals surface area contributed by atoms with Crippen LogP contribution in [0.2, 0.25) is 5.02 Å². The van der Waals surface area contributed by atoms with Gasteiger partial charge < -0.3 is 5.32 Å². The van der Waals surface area contributed by atoms with Gasteiger partial charge >= 0.3 is 0 Å². The summed E-state index contributed by atoms with van der Waals surface area (Å²) in [7, 11) is 0.969. The van der Waals surface area contributed by atoms with E-state index in [0.29, 0.717) is 41.3 Å². The van der Waals surface area contributed by atoms with Crippen molar-refractivity contribution in [3.63, 3.8) is 0 Å². The lowest BCUT2D eigenvalue weighted by Gasteiger charge is -2.12. The lowest BCUT2D eigenvalue weighted by molar-refractivity contribution is 0.598. The molecule has 2 N–H and O–H groups in total. The second kappa shape index (κ2) is 10.9. The largest absolute Gasteiger partial charge is 0.370 e. The molecule has 0 aliphatic heterocycles. The molecule has 8 nitrogen and oxygen atoms in total. The number of halogens is 1. The fourth-order valence-electron chi connectivity index (χ4n) is 3.53. The quantitative estimate of drug-likeness (QED) is 0.243. The molecule has 0 fully saturated rings. The van der Waals surface area contributed by atoms with Gasteiger partial charge in [0.2, 0.25) is 0 Å². The highest BCUT2D eigenvalue weighted by Gasteiger charge is 2.17. The smallest absolute Gasteiger partial charge is 0.176 e. The second-order valence-electron chi connectivity index (χ2n) is 7.86. The molecule has 0 saturated carbocycles. The van der Waals surface area contributed by atoms with Crippen molar-refractivity contribution >= 4 is 57.2 Å². The molecule has 0 spiro atoms. The first kappa shape index (κ1) is 25.4. The van der Waals surface area contributed by atoms with Gasteiger partial charge in [-0.1, -0.05) is 41.9 Å². The molecular weight excluding hydrogens is 505 g/mol. The van der Waals surface area contributed by atoms with Gasteiger partial charge in [0.1, 0.15) is 24.6 Å². The van der Waals surface area contributed by atoms with Gasteiger partial charge in [0.25, 0.3) is 0 Å². The van der Waals surface area contributed by atoms with Crippen molar-refractivity contribution in [1.29, 1.82) is 0 Å². The van der Waals surface area contributed by atoms with E-state index >= 15 is 0 Å². The Kier molecular flexibility index (Phi) is 7.90. The molecule has 4 rings (SSSR count). The predicted octanol–water partition coefficient (Wildman–Crippen LogP) is 2.75. The van der Waals surface area contributed by atoms with Crippen molar-refractivity contribution < 1.29 is 12.6 Å². The van der Waals surface area contributed by atoms with Gasteiger partial charge in [0.15, 0.2) is 15.5 Å². The second-order valence-corrected chi connectivity index (χ2v) is 11.5. The normalized spacial score (nSPS) is 12.6. The Morgan fingerprint density at radius 1 is 1.09 bits per heavy atom.